The SMILES string of the molecule is CCNC(=NCc1ccco1)NCC(O)c1ccc(Cl)s1.I. The molecule has 0 fully saturated rings. The third kappa shape index (κ3) is 6.15. The van der Waals surface area contributed by atoms with Gasteiger partial charge in [0.2, 0.25) is 0 Å². The van der Waals surface area contributed by atoms with Gasteiger partial charge >= 0.3 is 0 Å². The normalized spacial score (nSPS) is 12.6. The van der Waals surface area contributed by atoms with Gasteiger partial charge in [-0.15, -0.1) is 35.3 Å². The minimum absolute atomic E-state index is 0. The summed E-state index contributed by atoms with van der Waals surface area (Å²) in [4.78, 5) is 5.22. The highest BCUT2D eigenvalue weighted by molar-refractivity contribution is 14.0. The van der Waals surface area contributed by atoms with E-state index in [1.165, 1.54) is 11.3 Å². The lowest BCUT2D eigenvalue weighted by Gasteiger charge is -2.14. The first kappa shape index (κ1) is 19.3. The molecule has 0 aromatic carbocycles. The van der Waals surface area contributed by atoms with E-state index >= 15 is 0 Å². The summed E-state index contributed by atoms with van der Waals surface area (Å²) in [5.41, 5.74) is 0. The van der Waals surface area contributed by atoms with Crippen LogP contribution in [0.15, 0.2) is 39.9 Å². The lowest BCUT2D eigenvalue weighted by molar-refractivity contribution is 0.184. The van der Waals surface area contributed by atoms with Gasteiger partial charge in [-0.25, -0.2) is 4.99 Å². The van der Waals surface area contributed by atoms with Crippen LogP contribution in [0.25, 0.3) is 0 Å². The predicted octanol–water partition coefficient (Wildman–Crippen LogP) is 3.40. The second kappa shape index (κ2) is 10.1. The summed E-state index contributed by atoms with van der Waals surface area (Å²) < 4.78 is 5.90. The molecule has 22 heavy (non-hydrogen) atoms. The monoisotopic (exact) mass is 455 g/mol. The molecule has 0 bridgehead atoms. The molecule has 0 saturated heterocycles. The number of nitrogens with one attached hydrogen (secondary N) is 2. The van der Waals surface area contributed by atoms with Crippen LogP contribution in [-0.2, 0) is 6.54 Å². The number of hydrogen-bond acceptors (Lipinski definition) is 4. The fraction of sp³-hybridized carbons (Fsp3) is 0.357. The van der Waals surface area contributed by atoms with E-state index in [1.807, 2.05) is 25.1 Å². The molecule has 0 radical (unpaired) electrons. The zero-order chi connectivity index (χ0) is 15.1. The molecule has 0 amide bonds. The Bertz CT molecular complexity index is 574. The van der Waals surface area contributed by atoms with Crippen molar-refractivity contribution in [3.05, 3.63) is 45.5 Å². The summed E-state index contributed by atoms with van der Waals surface area (Å²) in [6.07, 6.45) is 1.00. The van der Waals surface area contributed by atoms with Crippen molar-refractivity contribution in [2.24, 2.45) is 4.99 Å². The van der Waals surface area contributed by atoms with Gasteiger partial charge in [-0.1, -0.05) is 11.6 Å². The molecule has 0 aliphatic heterocycles. The Labute approximate surface area is 155 Å². The van der Waals surface area contributed by atoms with Crippen molar-refractivity contribution in [3.8, 4) is 0 Å². The molecule has 0 spiro atoms. The number of aliphatic hydroxyl groups is 1. The van der Waals surface area contributed by atoms with E-state index in [1.54, 1.807) is 12.3 Å². The minimum Gasteiger partial charge on any atom is -0.467 e. The molecule has 2 aromatic rings. The zero-order valence-electron chi connectivity index (χ0n) is 12.1. The van der Waals surface area contributed by atoms with Crippen LogP contribution in [0.1, 0.15) is 23.7 Å². The molecule has 2 rings (SSSR count). The largest absolute Gasteiger partial charge is 0.467 e. The highest BCUT2D eigenvalue weighted by Crippen LogP contribution is 2.26. The maximum atomic E-state index is 10.1. The van der Waals surface area contributed by atoms with Crippen LogP contribution in [0.3, 0.4) is 0 Å². The Morgan fingerprint density at radius 3 is 2.82 bits per heavy atom. The number of guanidine groups is 1. The minimum atomic E-state index is -0.616. The Morgan fingerprint density at radius 2 is 2.23 bits per heavy atom. The molecule has 5 nitrogen and oxygen atoms in total. The maximum absolute atomic E-state index is 10.1. The van der Waals surface area contributed by atoms with Crippen molar-refractivity contribution >= 4 is 52.9 Å². The van der Waals surface area contributed by atoms with Crippen molar-refractivity contribution in [1.82, 2.24) is 10.6 Å². The summed E-state index contributed by atoms with van der Waals surface area (Å²) in [6.45, 7) is 3.54. The number of halogens is 2. The highest BCUT2D eigenvalue weighted by Gasteiger charge is 2.11. The van der Waals surface area contributed by atoms with Crippen LogP contribution in [0, 0.1) is 0 Å². The summed E-state index contributed by atoms with van der Waals surface area (Å²) in [5.74, 6) is 1.42. The molecular weight excluding hydrogens is 437 g/mol. The number of aliphatic imine (C=N–C) groups is 1. The lowest BCUT2D eigenvalue weighted by Crippen LogP contribution is -2.39. The van der Waals surface area contributed by atoms with E-state index in [9.17, 15) is 5.11 Å². The molecule has 0 aliphatic carbocycles. The van der Waals surface area contributed by atoms with Crippen molar-refractivity contribution in [2.45, 2.75) is 19.6 Å². The van der Waals surface area contributed by atoms with Crippen LogP contribution in [0.2, 0.25) is 4.34 Å². The molecule has 0 aliphatic rings. The fourth-order valence-electron chi connectivity index (χ4n) is 1.70. The van der Waals surface area contributed by atoms with Crippen molar-refractivity contribution in [3.63, 3.8) is 0 Å². The predicted molar refractivity (Wildman–Crippen MR) is 101 cm³/mol. The molecule has 1 atom stereocenters. The Hall–Kier alpha value is -0.770. The summed E-state index contributed by atoms with van der Waals surface area (Å²) in [7, 11) is 0. The molecular formula is C14H19ClIN3O2S. The van der Waals surface area contributed by atoms with Crippen LogP contribution < -0.4 is 10.6 Å². The first-order chi connectivity index (χ1) is 10.2. The van der Waals surface area contributed by atoms with E-state index in [2.05, 4.69) is 15.6 Å². The van der Waals surface area contributed by atoms with E-state index in [0.717, 1.165) is 17.2 Å². The van der Waals surface area contributed by atoms with Crippen LogP contribution in [0.5, 0.6) is 0 Å². The molecule has 122 valence electrons. The second-order valence-electron chi connectivity index (χ2n) is 4.31. The van der Waals surface area contributed by atoms with Gasteiger partial charge in [0.25, 0.3) is 0 Å². The van der Waals surface area contributed by atoms with Crippen LogP contribution in [0.4, 0.5) is 0 Å². The zero-order valence-corrected chi connectivity index (χ0v) is 16.0. The van der Waals surface area contributed by atoms with Crippen molar-refractivity contribution in [1.29, 1.82) is 0 Å². The molecule has 8 heteroatoms. The van der Waals surface area contributed by atoms with Gasteiger partial charge in [-0.2, -0.15) is 0 Å². The molecule has 2 aromatic heterocycles. The highest BCUT2D eigenvalue weighted by atomic mass is 127. The van der Waals surface area contributed by atoms with E-state index in [-0.39, 0.29) is 24.0 Å². The third-order valence-electron chi connectivity index (χ3n) is 2.70. The van der Waals surface area contributed by atoms with Gasteiger partial charge in [0, 0.05) is 18.0 Å². The Kier molecular flexibility index (Phi) is 8.84. The number of rotatable bonds is 6. The van der Waals surface area contributed by atoms with Crippen LogP contribution in [-0.4, -0.2) is 24.2 Å². The second-order valence-corrected chi connectivity index (χ2v) is 6.06. The van der Waals surface area contributed by atoms with Crippen molar-refractivity contribution < 1.29 is 9.52 Å². The first-order valence-electron chi connectivity index (χ1n) is 6.67. The number of thiophene rings is 1. The lowest BCUT2D eigenvalue weighted by atomic mass is 10.3. The molecule has 1 unspecified atom stereocenters. The summed E-state index contributed by atoms with van der Waals surface area (Å²) in [5, 5.41) is 16.3. The van der Waals surface area contributed by atoms with Crippen LogP contribution >= 0.6 is 46.9 Å². The fourth-order valence-corrected chi connectivity index (χ4v) is 2.75. The average Bonchev–Trinajstić information content (AvgIpc) is 3.13. The number of hydrogen-bond donors (Lipinski definition) is 3. The van der Waals surface area contributed by atoms with Gasteiger partial charge in [-0.05, 0) is 31.2 Å². The van der Waals surface area contributed by atoms with Gasteiger partial charge in [0.1, 0.15) is 18.4 Å². The van der Waals surface area contributed by atoms with Gasteiger partial charge < -0.3 is 20.2 Å². The van der Waals surface area contributed by atoms with Gasteiger partial charge in [0.05, 0.1) is 10.6 Å². The van der Waals surface area contributed by atoms with Gasteiger partial charge in [-0.3, -0.25) is 0 Å². The topological polar surface area (TPSA) is 69.8 Å². The van der Waals surface area contributed by atoms with Gasteiger partial charge in [0.15, 0.2) is 5.96 Å². The number of nitrogens with zero attached hydrogens (tertiary/aromatic N) is 1. The Balaban J connectivity index is 0.00000242. The van der Waals surface area contributed by atoms with Crippen molar-refractivity contribution in [2.75, 3.05) is 13.1 Å². The maximum Gasteiger partial charge on any atom is 0.191 e. The molecule has 3 N–H and O–H groups in total. The Morgan fingerprint density at radius 1 is 1.41 bits per heavy atom. The first-order valence-corrected chi connectivity index (χ1v) is 7.86. The average molecular weight is 456 g/mol. The summed E-state index contributed by atoms with van der Waals surface area (Å²) >= 11 is 7.24. The molecule has 2 heterocycles. The van der Waals surface area contributed by atoms with E-state index in [0.29, 0.717) is 23.4 Å². The summed E-state index contributed by atoms with van der Waals surface area (Å²) in [6, 6.07) is 7.30. The standard InChI is InChI=1S/C14H18ClN3O2S.HI/c1-2-16-14(17-8-10-4-3-7-20-10)18-9-11(19)12-5-6-13(15)21-12;/h3-7,11,19H,2,8-9H2,1H3,(H2,16,17,18);1H. The number of furan rings is 1. The third-order valence-corrected chi connectivity index (χ3v) is 4.03. The quantitative estimate of drug-likeness (QED) is 0.355. The smallest absolute Gasteiger partial charge is 0.191 e. The van der Waals surface area contributed by atoms with E-state index < -0.39 is 6.10 Å². The van der Waals surface area contributed by atoms with E-state index in [4.69, 9.17) is 16.0 Å². The number of aliphatic hydroxyl groups excluding tert-OH is 1. The molecule has 0 saturated carbocycles.